The SMILES string of the molecule is CCOC(=O)/C=C(\CBr)Oc1ccccc1Br. The summed E-state index contributed by atoms with van der Waals surface area (Å²) >= 11 is 6.63. The first-order valence-corrected chi connectivity index (χ1v) is 6.94. The van der Waals surface area contributed by atoms with Crippen LogP contribution in [-0.2, 0) is 9.53 Å². The number of alkyl halides is 1. The Morgan fingerprint density at radius 3 is 2.71 bits per heavy atom. The maximum Gasteiger partial charge on any atom is 0.334 e. The van der Waals surface area contributed by atoms with E-state index in [1.807, 2.05) is 24.3 Å². The number of esters is 1. The Kier molecular flexibility index (Phi) is 6.29. The molecule has 0 aliphatic carbocycles. The highest BCUT2D eigenvalue weighted by molar-refractivity contribution is 9.10. The molecule has 0 spiro atoms. The minimum Gasteiger partial charge on any atom is -0.463 e. The Balaban J connectivity index is 2.77. The minimum atomic E-state index is -0.408. The lowest BCUT2D eigenvalue weighted by Crippen LogP contribution is -2.05. The van der Waals surface area contributed by atoms with E-state index in [4.69, 9.17) is 9.47 Å². The normalized spacial score (nSPS) is 11.1. The average molecular weight is 364 g/mol. The Hall–Kier alpha value is -0.810. The van der Waals surface area contributed by atoms with Crippen LogP contribution in [0.2, 0.25) is 0 Å². The Labute approximate surface area is 117 Å². The maximum atomic E-state index is 11.3. The van der Waals surface area contributed by atoms with Gasteiger partial charge in [0.25, 0.3) is 0 Å². The van der Waals surface area contributed by atoms with Crippen LogP contribution in [0.5, 0.6) is 5.75 Å². The summed E-state index contributed by atoms with van der Waals surface area (Å²) in [4.78, 5) is 11.3. The standard InChI is InChI=1S/C12H12Br2O3/c1-2-16-12(15)7-9(8-13)17-11-6-4-3-5-10(11)14/h3-7H,2,8H2,1H3/b9-7+. The molecule has 0 fully saturated rings. The number of halogens is 2. The number of allylic oxidation sites excluding steroid dienone is 1. The zero-order chi connectivity index (χ0) is 12.7. The lowest BCUT2D eigenvalue weighted by Gasteiger charge is -2.09. The summed E-state index contributed by atoms with van der Waals surface area (Å²) in [5, 5.41) is 0.438. The molecule has 1 aromatic rings. The van der Waals surface area contributed by atoms with Crippen molar-refractivity contribution >= 4 is 37.8 Å². The van der Waals surface area contributed by atoms with Gasteiger partial charge in [0.1, 0.15) is 11.5 Å². The maximum absolute atomic E-state index is 11.3. The van der Waals surface area contributed by atoms with Gasteiger partial charge in [-0.05, 0) is 35.0 Å². The van der Waals surface area contributed by atoms with E-state index in [0.717, 1.165) is 4.47 Å². The number of carbonyl (C=O) groups excluding carboxylic acids is 1. The van der Waals surface area contributed by atoms with Crippen molar-refractivity contribution in [2.24, 2.45) is 0 Å². The van der Waals surface area contributed by atoms with Gasteiger partial charge in [0, 0.05) is 0 Å². The fourth-order valence-electron chi connectivity index (χ4n) is 1.08. The highest BCUT2D eigenvalue weighted by Gasteiger charge is 2.06. The van der Waals surface area contributed by atoms with Crippen molar-refractivity contribution in [3.8, 4) is 5.75 Å². The number of hydrogen-bond acceptors (Lipinski definition) is 3. The third kappa shape index (κ3) is 4.91. The lowest BCUT2D eigenvalue weighted by atomic mass is 10.3. The van der Waals surface area contributed by atoms with E-state index in [9.17, 15) is 4.79 Å². The number of rotatable bonds is 5. The quantitative estimate of drug-likeness (QED) is 0.346. The molecule has 0 N–H and O–H groups in total. The van der Waals surface area contributed by atoms with Crippen LogP contribution in [0, 0.1) is 0 Å². The van der Waals surface area contributed by atoms with Crippen molar-refractivity contribution in [1.82, 2.24) is 0 Å². The largest absolute Gasteiger partial charge is 0.463 e. The molecule has 0 unspecified atom stereocenters. The molecule has 0 heterocycles. The summed E-state index contributed by atoms with van der Waals surface area (Å²) in [7, 11) is 0. The molecule has 92 valence electrons. The molecule has 1 aromatic carbocycles. The lowest BCUT2D eigenvalue weighted by molar-refractivity contribution is -0.137. The van der Waals surface area contributed by atoms with Crippen LogP contribution in [0.3, 0.4) is 0 Å². The van der Waals surface area contributed by atoms with E-state index in [0.29, 0.717) is 23.4 Å². The molecule has 0 atom stereocenters. The first-order chi connectivity index (χ1) is 8.17. The van der Waals surface area contributed by atoms with Crippen LogP contribution < -0.4 is 4.74 Å². The summed E-state index contributed by atoms with van der Waals surface area (Å²) in [6.07, 6.45) is 1.33. The third-order valence-electron chi connectivity index (χ3n) is 1.77. The highest BCUT2D eigenvalue weighted by Crippen LogP contribution is 2.26. The van der Waals surface area contributed by atoms with Crippen LogP contribution in [-0.4, -0.2) is 17.9 Å². The summed E-state index contributed by atoms with van der Waals surface area (Å²) in [6.45, 7) is 2.11. The van der Waals surface area contributed by atoms with Gasteiger partial charge in [-0.1, -0.05) is 28.1 Å². The highest BCUT2D eigenvalue weighted by atomic mass is 79.9. The molecule has 17 heavy (non-hydrogen) atoms. The topological polar surface area (TPSA) is 35.5 Å². The van der Waals surface area contributed by atoms with Crippen molar-refractivity contribution in [2.75, 3.05) is 11.9 Å². The molecule has 0 aliphatic heterocycles. The molecule has 0 radical (unpaired) electrons. The van der Waals surface area contributed by atoms with Gasteiger partial charge in [0.2, 0.25) is 0 Å². The first-order valence-electron chi connectivity index (χ1n) is 5.03. The van der Waals surface area contributed by atoms with Gasteiger partial charge in [-0.15, -0.1) is 0 Å². The molecular weight excluding hydrogens is 352 g/mol. The van der Waals surface area contributed by atoms with Crippen LogP contribution in [0.15, 0.2) is 40.6 Å². The van der Waals surface area contributed by atoms with Crippen LogP contribution in [0.4, 0.5) is 0 Å². The van der Waals surface area contributed by atoms with Crippen molar-refractivity contribution in [1.29, 1.82) is 0 Å². The zero-order valence-electron chi connectivity index (χ0n) is 9.28. The van der Waals surface area contributed by atoms with E-state index in [1.165, 1.54) is 6.08 Å². The van der Waals surface area contributed by atoms with E-state index in [1.54, 1.807) is 6.92 Å². The fraction of sp³-hybridized carbons (Fsp3) is 0.250. The zero-order valence-corrected chi connectivity index (χ0v) is 12.5. The predicted octanol–water partition coefficient (Wildman–Crippen LogP) is 3.67. The Morgan fingerprint density at radius 1 is 1.41 bits per heavy atom. The average Bonchev–Trinajstić information content (AvgIpc) is 2.31. The smallest absolute Gasteiger partial charge is 0.334 e. The summed E-state index contributed by atoms with van der Waals surface area (Å²) in [5.41, 5.74) is 0. The molecule has 0 bridgehead atoms. The van der Waals surface area contributed by atoms with Gasteiger partial charge in [0.05, 0.1) is 22.5 Å². The molecule has 5 heteroatoms. The van der Waals surface area contributed by atoms with Crippen LogP contribution >= 0.6 is 31.9 Å². The summed E-state index contributed by atoms with van der Waals surface area (Å²) < 4.78 is 11.2. The second-order valence-electron chi connectivity index (χ2n) is 3.03. The number of benzene rings is 1. The number of para-hydroxylation sites is 1. The minimum absolute atomic E-state index is 0.347. The fourth-order valence-corrected chi connectivity index (χ4v) is 1.72. The van der Waals surface area contributed by atoms with Crippen molar-refractivity contribution in [3.63, 3.8) is 0 Å². The van der Waals surface area contributed by atoms with Crippen molar-refractivity contribution in [3.05, 3.63) is 40.6 Å². The Bertz CT molecular complexity index is 416. The van der Waals surface area contributed by atoms with Gasteiger partial charge in [-0.2, -0.15) is 0 Å². The Morgan fingerprint density at radius 2 is 2.12 bits per heavy atom. The van der Waals surface area contributed by atoms with Crippen molar-refractivity contribution < 1.29 is 14.3 Å². The second kappa shape index (κ2) is 7.50. The number of carbonyl (C=O) groups is 1. The van der Waals surface area contributed by atoms with Gasteiger partial charge in [-0.3, -0.25) is 0 Å². The van der Waals surface area contributed by atoms with Crippen LogP contribution in [0.25, 0.3) is 0 Å². The molecule has 0 amide bonds. The molecule has 0 saturated heterocycles. The predicted molar refractivity (Wildman–Crippen MR) is 73.3 cm³/mol. The molecule has 3 nitrogen and oxygen atoms in total. The monoisotopic (exact) mass is 362 g/mol. The van der Waals surface area contributed by atoms with E-state index < -0.39 is 5.97 Å². The van der Waals surface area contributed by atoms with Crippen LogP contribution in [0.1, 0.15) is 6.92 Å². The molecule has 0 saturated carbocycles. The van der Waals surface area contributed by atoms with Gasteiger partial charge >= 0.3 is 5.97 Å². The van der Waals surface area contributed by atoms with Gasteiger partial charge in [-0.25, -0.2) is 4.79 Å². The molecule has 1 rings (SSSR count). The molecular formula is C12H12Br2O3. The first kappa shape index (κ1) is 14.3. The van der Waals surface area contributed by atoms with E-state index in [2.05, 4.69) is 31.9 Å². The number of ether oxygens (including phenoxy) is 2. The van der Waals surface area contributed by atoms with E-state index in [-0.39, 0.29) is 0 Å². The summed E-state index contributed by atoms with van der Waals surface area (Å²) in [6, 6.07) is 7.42. The van der Waals surface area contributed by atoms with Gasteiger partial charge in [0.15, 0.2) is 0 Å². The van der Waals surface area contributed by atoms with Crippen molar-refractivity contribution in [2.45, 2.75) is 6.92 Å². The molecule has 0 aliphatic rings. The third-order valence-corrected chi connectivity index (χ3v) is 2.98. The van der Waals surface area contributed by atoms with E-state index >= 15 is 0 Å². The molecule has 0 aromatic heterocycles. The van der Waals surface area contributed by atoms with Gasteiger partial charge < -0.3 is 9.47 Å². The number of hydrogen-bond donors (Lipinski definition) is 0. The summed E-state index contributed by atoms with van der Waals surface area (Å²) in [5.74, 6) is 0.742. The second-order valence-corrected chi connectivity index (χ2v) is 4.44.